The van der Waals surface area contributed by atoms with Gasteiger partial charge in [0.05, 0.1) is 0 Å². The minimum absolute atomic E-state index is 0.405. The number of nitrogens with zero attached hydrogens (tertiary/aromatic N) is 2. The summed E-state index contributed by atoms with van der Waals surface area (Å²) in [4.78, 5) is 15.8. The number of anilines is 1. The van der Waals surface area contributed by atoms with Crippen LogP contribution in [-0.2, 0) is 14.9 Å². The molecule has 0 unspecified atom stereocenters. The van der Waals surface area contributed by atoms with Crippen molar-refractivity contribution in [2.24, 2.45) is 0 Å². The topological polar surface area (TPSA) is 76.2 Å². The molecule has 2 aromatic carbocycles. The fourth-order valence-electron chi connectivity index (χ4n) is 3.19. The van der Waals surface area contributed by atoms with Crippen LogP contribution < -0.4 is 9.08 Å². The molecule has 0 atom stereocenters. The van der Waals surface area contributed by atoms with Crippen LogP contribution >= 0.6 is 0 Å². The van der Waals surface area contributed by atoms with E-state index in [1.807, 2.05) is 4.90 Å². The van der Waals surface area contributed by atoms with Gasteiger partial charge in [-0.1, -0.05) is 18.2 Å². The van der Waals surface area contributed by atoms with Crippen LogP contribution in [0, 0.1) is 0 Å². The number of hydrogen-bond donors (Lipinski definition) is 0. The summed E-state index contributed by atoms with van der Waals surface area (Å²) >= 11 is 0. The van der Waals surface area contributed by atoms with Crippen LogP contribution in [-0.4, -0.2) is 56.7 Å². The number of piperazine rings is 1. The molecular formula is C20H23F3N2O5S. The molecule has 31 heavy (non-hydrogen) atoms. The summed E-state index contributed by atoms with van der Waals surface area (Å²) in [5.74, 6) is -0.426. The van der Waals surface area contributed by atoms with Crippen LogP contribution in [0.25, 0.3) is 10.8 Å². The Morgan fingerprint density at radius 3 is 2.23 bits per heavy atom. The quantitative estimate of drug-likeness (QED) is 0.507. The van der Waals surface area contributed by atoms with Gasteiger partial charge in [0, 0.05) is 37.3 Å². The van der Waals surface area contributed by atoms with Crippen molar-refractivity contribution in [1.29, 1.82) is 0 Å². The Kier molecular flexibility index (Phi) is 6.01. The van der Waals surface area contributed by atoms with E-state index in [1.54, 1.807) is 43.9 Å². The lowest BCUT2D eigenvalue weighted by atomic mass is 10.1. The van der Waals surface area contributed by atoms with E-state index in [2.05, 4.69) is 4.18 Å². The van der Waals surface area contributed by atoms with Crippen LogP contribution in [0.2, 0.25) is 0 Å². The molecule has 3 rings (SSSR count). The van der Waals surface area contributed by atoms with Crippen molar-refractivity contribution in [3.63, 3.8) is 0 Å². The van der Waals surface area contributed by atoms with E-state index in [-0.39, 0.29) is 0 Å². The lowest BCUT2D eigenvalue weighted by Gasteiger charge is -2.37. The number of amides is 1. The Labute approximate surface area is 178 Å². The van der Waals surface area contributed by atoms with Gasteiger partial charge in [0.2, 0.25) is 0 Å². The van der Waals surface area contributed by atoms with Crippen molar-refractivity contribution in [2.75, 3.05) is 31.1 Å². The Hall–Kier alpha value is -2.69. The molecule has 0 radical (unpaired) electrons. The number of fused-ring (bicyclic) bond motifs is 1. The molecule has 1 saturated heterocycles. The maximum absolute atomic E-state index is 12.6. The lowest BCUT2D eigenvalue weighted by molar-refractivity contribution is -0.0500. The molecule has 1 amide bonds. The van der Waals surface area contributed by atoms with Crippen molar-refractivity contribution in [2.45, 2.75) is 31.9 Å². The highest BCUT2D eigenvalue weighted by Crippen LogP contribution is 2.33. The van der Waals surface area contributed by atoms with E-state index in [4.69, 9.17) is 4.74 Å². The first-order valence-corrected chi connectivity index (χ1v) is 10.9. The van der Waals surface area contributed by atoms with Gasteiger partial charge >= 0.3 is 21.7 Å². The zero-order valence-corrected chi connectivity index (χ0v) is 18.1. The van der Waals surface area contributed by atoms with Gasteiger partial charge in [-0.2, -0.15) is 21.6 Å². The normalized spacial score (nSPS) is 15.8. The number of carbonyl (C=O) groups excluding carboxylic acids is 1. The molecule has 2 aromatic rings. The van der Waals surface area contributed by atoms with E-state index >= 15 is 0 Å². The first-order chi connectivity index (χ1) is 14.3. The number of benzene rings is 2. The van der Waals surface area contributed by atoms with E-state index < -0.39 is 33.1 Å². The molecule has 11 heteroatoms. The van der Waals surface area contributed by atoms with Gasteiger partial charge in [-0.3, -0.25) is 0 Å². The third kappa shape index (κ3) is 5.33. The summed E-state index contributed by atoms with van der Waals surface area (Å²) < 4.78 is 70.3. The molecule has 7 nitrogen and oxygen atoms in total. The summed E-state index contributed by atoms with van der Waals surface area (Å²) in [7, 11) is -5.76. The average molecular weight is 460 g/mol. The fourth-order valence-corrected chi connectivity index (χ4v) is 3.64. The lowest BCUT2D eigenvalue weighted by Crippen LogP contribution is -2.50. The smallest absolute Gasteiger partial charge is 0.444 e. The van der Waals surface area contributed by atoms with Crippen LogP contribution in [0.3, 0.4) is 0 Å². The molecule has 1 aliphatic rings. The zero-order valence-electron chi connectivity index (χ0n) is 17.3. The highest BCUT2D eigenvalue weighted by Gasteiger charge is 2.48. The van der Waals surface area contributed by atoms with Gasteiger partial charge in [-0.05, 0) is 44.4 Å². The van der Waals surface area contributed by atoms with Crippen LogP contribution in [0.15, 0.2) is 36.4 Å². The van der Waals surface area contributed by atoms with Crippen LogP contribution in [0.4, 0.5) is 23.7 Å². The van der Waals surface area contributed by atoms with Gasteiger partial charge in [-0.25, -0.2) is 4.79 Å². The molecule has 1 heterocycles. The highest BCUT2D eigenvalue weighted by molar-refractivity contribution is 7.88. The van der Waals surface area contributed by atoms with Gasteiger partial charge in [0.1, 0.15) is 11.4 Å². The molecular weight excluding hydrogens is 437 g/mol. The minimum atomic E-state index is -5.76. The standard InChI is InChI=1S/C20H23F3N2O5S/c1-19(2,3)29-18(26)25-11-9-24(10-12-25)17-6-4-5-14-7-8-15(13-16(14)17)30-31(27,28)20(21,22)23/h4-8,13H,9-12H2,1-3H3. The number of carbonyl (C=O) groups is 1. The van der Waals surface area contributed by atoms with E-state index in [0.29, 0.717) is 42.6 Å². The Morgan fingerprint density at radius 1 is 1.00 bits per heavy atom. The number of rotatable bonds is 3. The van der Waals surface area contributed by atoms with Crippen molar-refractivity contribution in [3.05, 3.63) is 36.4 Å². The van der Waals surface area contributed by atoms with Crippen LogP contribution in [0.5, 0.6) is 5.75 Å². The van der Waals surface area contributed by atoms with Gasteiger partial charge in [0.25, 0.3) is 0 Å². The number of halogens is 3. The molecule has 0 aliphatic carbocycles. The van der Waals surface area contributed by atoms with Crippen molar-refractivity contribution in [1.82, 2.24) is 4.90 Å². The molecule has 0 spiro atoms. The van der Waals surface area contributed by atoms with Crippen molar-refractivity contribution in [3.8, 4) is 5.75 Å². The Balaban J connectivity index is 1.81. The summed E-state index contributed by atoms with van der Waals surface area (Å²) in [6.07, 6.45) is -0.405. The van der Waals surface area contributed by atoms with E-state index in [1.165, 1.54) is 18.2 Å². The molecule has 0 saturated carbocycles. The summed E-state index contributed by atoms with van der Waals surface area (Å²) in [6, 6.07) is 9.29. The second-order valence-electron chi connectivity index (χ2n) is 8.10. The monoisotopic (exact) mass is 460 g/mol. The zero-order chi connectivity index (χ0) is 23.0. The van der Waals surface area contributed by atoms with Crippen molar-refractivity contribution < 1.29 is 35.3 Å². The van der Waals surface area contributed by atoms with E-state index in [9.17, 15) is 26.4 Å². The number of hydrogen-bond acceptors (Lipinski definition) is 6. The van der Waals surface area contributed by atoms with Crippen LogP contribution in [0.1, 0.15) is 20.8 Å². The average Bonchev–Trinajstić information content (AvgIpc) is 2.65. The fraction of sp³-hybridized carbons (Fsp3) is 0.450. The maximum Gasteiger partial charge on any atom is 0.534 e. The third-order valence-corrected chi connectivity index (χ3v) is 5.57. The predicted molar refractivity (Wildman–Crippen MR) is 110 cm³/mol. The van der Waals surface area contributed by atoms with Gasteiger partial charge in [-0.15, -0.1) is 0 Å². The second kappa shape index (κ2) is 8.10. The first-order valence-electron chi connectivity index (χ1n) is 9.53. The summed E-state index contributed by atoms with van der Waals surface area (Å²) in [5.41, 5.74) is -5.41. The second-order valence-corrected chi connectivity index (χ2v) is 9.64. The summed E-state index contributed by atoms with van der Waals surface area (Å²) in [6.45, 7) is 7.13. The molecule has 1 aliphatic heterocycles. The molecule has 170 valence electrons. The SMILES string of the molecule is CC(C)(C)OC(=O)N1CCN(c2cccc3ccc(OS(=O)(=O)C(F)(F)F)cc23)CC1. The third-order valence-electron chi connectivity index (χ3n) is 4.59. The summed E-state index contributed by atoms with van der Waals surface area (Å²) in [5, 5.41) is 1.26. The maximum atomic E-state index is 12.6. The molecule has 0 aromatic heterocycles. The molecule has 0 N–H and O–H groups in total. The van der Waals surface area contributed by atoms with Crippen molar-refractivity contribution >= 4 is 32.7 Å². The number of alkyl halides is 3. The largest absolute Gasteiger partial charge is 0.534 e. The molecule has 0 bridgehead atoms. The first kappa shape index (κ1) is 23.0. The Bertz CT molecular complexity index is 1070. The van der Waals surface area contributed by atoms with E-state index in [0.717, 1.165) is 0 Å². The predicted octanol–water partition coefficient (Wildman–Crippen LogP) is 4.13. The van der Waals surface area contributed by atoms with Gasteiger partial charge < -0.3 is 18.7 Å². The minimum Gasteiger partial charge on any atom is -0.444 e. The highest BCUT2D eigenvalue weighted by atomic mass is 32.2. The number of ether oxygens (including phenoxy) is 1. The molecule has 1 fully saturated rings. The Morgan fingerprint density at radius 2 is 1.65 bits per heavy atom. The van der Waals surface area contributed by atoms with Gasteiger partial charge in [0.15, 0.2) is 0 Å².